The van der Waals surface area contributed by atoms with Crippen LogP contribution in [-0.2, 0) is 0 Å². The van der Waals surface area contributed by atoms with Crippen molar-refractivity contribution in [2.75, 3.05) is 5.33 Å². The third-order valence-electron chi connectivity index (χ3n) is 2.69. The first-order valence-corrected chi connectivity index (χ1v) is 7.14. The first kappa shape index (κ1) is 14.2. The standard InChI is InChI=1S/C13H25Br/c1-3-13(2)11-9-7-5-4-6-8-10-12-14/h4,6,13H,3,5,7-12H2,1-2H3/b6-4-. The van der Waals surface area contributed by atoms with E-state index in [2.05, 4.69) is 41.9 Å². The highest BCUT2D eigenvalue weighted by atomic mass is 79.9. The summed E-state index contributed by atoms with van der Waals surface area (Å²) in [6.07, 6.45) is 14.0. The Bertz CT molecular complexity index is 129. The summed E-state index contributed by atoms with van der Waals surface area (Å²) in [4.78, 5) is 0. The molecule has 1 atom stereocenters. The second-order valence-electron chi connectivity index (χ2n) is 4.10. The van der Waals surface area contributed by atoms with Crippen LogP contribution in [-0.4, -0.2) is 5.33 Å². The Kier molecular flexibility index (Phi) is 11.5. The van der Waals surface area contributed by atoms with Crippen LogP contribution in [0.4, 0.5) is 0 Å². The summed E-state index contributed by atoms with van der Waals surface area (Å²) in [5.74, 6) is 0.923. The van der Waals surface area contributed by atoms with E-state index in [0.29, 0.717) is 0 Å². The van der Waals surface area contributed by atoms with Crippen molar-refractivity contribution >= 4 is 15.9 Å². The van der Waals surface area contributed by atoms with E-state index in [9.17, 15) is 0 Å². The fourth-order valence-corrected chi connectivity index (χ4v) is 1.71. The molecule has 1 unspecified atom stereocenters. The lowest BCUT2D eigenvalue weighted by molar-refractivity contribution is 0.486. The van der Waals surface area contributed by atoms with E-state index >= 15 is 0 Å². The summed E-state index contributed by atoms with van der Waals surface area (Å²) in [6.45, 7) is 4.64. The van der Waals surface area contributed by atoms with Gasteiger partial charge in [0.2, 0.25) is 0 Å². The summed E-state index contributed by atoms with van der Waals surface area (Å²) >= 11 is 3.43. The Hall–Kier alpha value is 0.220. The maximum atomic E-state index is 3.43. The third-order valence-corrected chi connectivity index (χ3v) is 3.25. The molecular weight excluding hydrogens is 236 g/mol. The van der Waals surface area contributed by atoms with Crippen LogP contribution >= 0.6 is 15.9 Å². The predicted molar refractivity (Wildman–Crippen MR) is 70.1 cm³/mol. The van der Waals surface area contributed by atoms with Crippen LogP contribution in [0.2, 0.25) is 0 Å². The Morgan fingerprint density at radius 2 is 1.71 bits per heavy atom. The lowest BCUT2D eigenvalue weighted by Crippen LogP contribution is -1.90. The highest BCUT2D eigenvalue weighted by molar-refractivity contribution is 9.09. The predicted octanol–water partition coefficient (Wildman–Crippen LogP) is 5.32. The van der Waals surface area contributed by atoms with Gasteiger partial charge in [0.25, 0.3) is 0 Å². The molecule has 0 bridgehead atoms. The van der Waals surface area contributed by atoms with Crippen LogP contribution < -0.4 is 0 Å². The summed E-state index contributed by atoms with van der Waals surface area (Å²) in [7, 11) is 0. The number of halogens is 1. The van der Waals surface area contributed by atoms with Gasteiger partial charge in [0.15, 0.2) is 0 Å². The van der Waals surface area contributed by atoms with Gasteiger partial charge >= 0.3 is 0 Å². The summed E-state index contributed by atoms with van der Waals surface area (Å²) in [5, 5.41) is 1.13. The summed E-state index contributed by atoms with van der Waals surface area (Å²) in [6, 6.07) is 0. The molecule has 0 fully saturated rings. The highest BCUT2D eigenvalue weighted by Crippen LogP contribution is 2.12. The van der Waals surface area contributed by atoms with Crippen molar-refractivity contribution in [3.63, 3.8) is 0 Å². The van der Waals surface area contributed by atoms with Gasteiger partial charge < -0.3 is 0 Å². The highest BCUT2D eigenvalue weighted by Gasteiger charge is 1.96. The van der Waals surface area contributed by atoms with Crippen LogP contribution in [0.25, 0.3) is 0 Å². The minimum Gasteiger partial charge on any atom is -0.0928 e. The molecule has 0 aromatic carbocycles. The average Bonchev–Trinajstić information content (AvgIpc) is 2.21. The van der Waals surface area contributed by atoms with Crippen LogP contribution in [0.5, 0.6) is 0 Å². The van der Waals surface area contributed by atoms with Crippen LogP contribution in [0.1, 0.15) is 58.8 Å². The maximum absolute atomic E-state index is 3.43. The van der Waals surface area contributed by atoms with Crippen molar-refractivity contribution in [1.82, 2.24) is 0 Å². The number of alkyl halides is 1. The van der Waals surface area contributed by atoms with E-state index in [1.165, 1.54) is 44.9 Å². The Morgan fingerprint density at radius 3 is 2.29 bits per heavy atom. The lowest BCUT2D eigenvalue weighted by Gasteiger charge is -2.05. The van der Waals surface area contributed by atoms with E-state index in [1.807, 2.05) is 0 Å². The molecule has 14 heavy (non-hydrogen) atoms. The van der Waals surface area contributed by atoms with Crippen molar-refractivity contribution in [2.45, 2.75) is 58.8 Å². The molecule has 0 radical (unpaired) electrons. The zero-order valence-corrected chi connectivity index (χ0v) is 11.4. The molecule has 0 spiro atoms. The molecule has 84 valence electrons. The smallest absolute Gasteiger partial charge is 0.00342 e. The second-order valence-corrected chi connectivity index (χ2v) is 4.89. The van der Waals surface area contributed by atoms with Gasteiger partial charge in [-0.25, -0.2) is 0 Å². The topological polar surface area (TPSA) is 0 Å². The number of rotatable bonds is 9. The Balaban J connectivity index is 3.08. The van der Waals surface area contributed by atoms with Crippen molar-refractivity contribution in [1.29, 1.82) is 0 Å². The average molecular weight is 261 g/mol. The third kappa shape index (κ3) is 10.3. The molecule has 0 heterocycles. The first-order valence-electron chi connectivity index (χ1n) is 6.02. The fraction of sp³-hybridized carbons (Fsp3) is 0.846. The minimum absolute atomic E-state index is 0.923. The van der Waals surface area contributed by atoms with Gasteiger partial charge in [0.1, 0.15) is 0 Å². The van der Waals surface area contributed by atoms with Gasteiger partial charge in [-0.2, -0.15) is 0 Å². The fourth-order valence-electron chi connectivity index (χ4n) is 1.39. The maximum Gasteiger partial charge on any atom is 0.00342 e. The molecule has 0 rings (SSSR count). The van der Waals surface area contributed by atoms with Crippen molar-refractivity contribution in [2.24, 2.45) is 5.92 Å². The number of hydrogen-bond acceptors (Lipinski definition) is 0. The molecule has 1 heteroatoms. The largest absolute Gasteiger partial charge is 0.0928 e. The van der Waals surface area contributed by atoms with E-state index in [-0.39, 0.29) is 0 Å². The minimum atomic E-state index is 0.923. The first-order chi connectivity index (χ1) is 6.81. The number of hydrogen-bond donors (Lipinski definition) is 0. The molecule has 0 aromatic rings. The van der Waals surface area contributed by atoms with Gasteiger partial charge in [-0.05, 0) is 31.6 Å². The Labute approximate surface area is 98.3 Å². The quantitative estimate of drug-likeness (QED) is 0.299. The molecular formula is C13H25Br. The number of allylic oxidation sites excluding steroid dienone is 2. The van der Waals surface area contributed by atoms with Gasteiger partial charge in [-0.15, -0.1) is 0 Å². The molecule has 0 nitrogen and oxygen atoms in total. The molecule has 0 aliphatic heterocycles. The van der Waals surface area contributed by atoms with Gasteiger partial charge in [-0.3, -0.25) is 0 Å². The van der Waals surface area contributed by atoms with Gasteiger partial charge in [0.05, 0.1) is 0 Å². The molecule has 0 aliphatic carbocycles. The molecule has 0 amide bonds. The van der Waals surface area contributed by atoms with E-state index in [0.717, 1.165) is 11.2 Å². The lowest BCUT2D eigenvalue weighted by atomic mass is 10.0. The van der Waals surface area contributed by atoms with Crippen molar-refractivity contribution in [3.8, 4) is 0 Å². The molecule has 0 saturated carbocycles. The molecule has 0 N–H and O–H groups in total. The van der Waals surface area contributed by atoms with E-state index < -0.39 is 0 Å². The summed E-state index contributed by atoms with van der Waals surface area (Å²) < 4.78 is 0. The van der Waals surface area contributed by atoms with E-state index in [4.69, 9.17) is 0 Å². The SMILES string of the molecule is CCC(C)CCCC/C=C\CCCBr. The van der Waals surface area contributed by atoms with Gasteiger partial charge in [-0.1, -0.05) is 61.2 Å². The normalized spacial score (nSPS) is 13.6. The molecule has 0 saturated heterocycles. The molecule has 0 aromatic heterocycles. The zero-order chi connectivity index (χ0) is 10.6. The van der Waals surface area contributed by atoms with Crippen LogP contribution in [0, 0.1) is 5.92 Å². The van der Waals surface area contributed by atoms with E-state index in [1.54, 1.807) is 0 Å². The molecule has 0 aliphatic rings. The monoisotopic (exact) mass is 260 g/mol. The van der Waals surface area contributed by atoms with Crippen LogP contribution in [0.3, 0.4) is 0 Å². The number of unbranched alkanes of at least 4 members (excludes halogenated alkanes) is 3. The van der Waals surface area contributed by atoms with Crippen molar-refractivity contribution in [3.05, 3.63) is 12.2 Å². The van der Waals surface area contributed by atoms with Crippen LogP contribution in [0.15, 0.2) is 12.2 Å². The zero-order valence-electron chi connectivity index (χ0n) is 9.77. The van der Waals surface area contributed by atoms with Crippen molar-refractivity contribution < 1.29 is 0 Å². The second kappa shape index (κ2) is 11.3. The summed E-state index contributed by atoms with van der Waals surface area (Å²) in [5.41, 5.74) is 0. The van der Waals surface area contributed by atoms with Gasteiger partial charge in [0, 0.05) is 5.33 Å². The Morgan fingerprint density at radius 1 is 1.07 bits per heavy atom.